The zero-order chi connectivity index (χ0) is 21.4. The number of nitrogens with two attached hydrogens (primary N) is 1. The van der Waals surface area contributed by atoms with E-state index >= 15 is 0 Å². The first-order valence-corrected chi connectivity index (χ1v) is 10.2. The molecule has 2 N–H and O–H groups in total. The van der Waals surface area contributed by atoms with Crippen LogP contribution in [0.25, 0.3) is 16.8 Å². The second kappa shape index (κ2) is 7.75. The number of carbonyl (C=O) groups excluding carboxylic acids is 1. The van der Waals surface area contributed by atoms with Crippen LogP contribution in [0.4, 0.5) is 5.82 Å². The first kappa shape index (κ1) is 19.1. The molecule has 4 aromatic rings. The summed E-state index contributed by atoms with van der Waals surface area (Å²) in [6.45, 7) is 0. The molecule has 5 rings (SSSR count). The Labute approximate surface area is 179 Å². The van der Waals surface area contributed by atoms with Crippen LogP contribution in [0.3, 0.4) is 0 Å². The normalized spacial score (nSPS) is 13.7. The summed E-state index contributed by atoms with van der Waals surface area (Å²) < 4.78 is 12.8. The Kier molecular flexibility index (Phi) is 4.78. The van der Waals surface area contributed by atoms with E-state index in [1.807, 2.05) is 30.5 Å². The highest BCUT2D eigenvalue weighted by Crippen LogP contribution is 2.39. The maximum atomic E-state index is 11.7. The zero-order valence-electron chi connectivity index (χ0n) is 17.1. The van der Waals surface area contributed by atoms with Gasteiger partial charge in [-0.15, -0.1) is 0 Å². The van der Waals surface area contributed by atoms with E-state index in [1.165, 1.54) is 13.5 Å². The van der Waals surface area contributed by atoms with Gasteiger partial charge < -0.3 is 15.2 Å². The Bertz CT molecular complexity index is 1260. The summed E-state index contributed by atoms with van der Waals surface area (Å²) in [6, 6.07) is 14.6. The molecule has 0 radical (unpaired) electrons. The average Bonchev–Trinajstić information content (AvgIpc) is 3.13. The minimum atomic E-state index is -0.402. The van der Waals surface area contributed by atoms with Gasteiger partial charge in [-0.25, -0.2) is 14.8 Å². The highest BCUT2D eigenvalue weighted by molar-refractivity contribution is 5.89. The van der Waals surface area contributed by atoms with Crippen molar-refractivity contribution < 1.29 is 14.3 Å². The lowest BCUT2D eigenvalue weighted by Gasteiger charge is -2.23. The number of rotatable bonds is 5. The fourth-order valence-electron chi connectivity index (χ4n) is 3.86. The molecule has 156 valence electrons. The molecule has 0 amide bonds. The van der Waals surface area contributed by atoms with Crippen molar-refractivity contribution in [2.24, 2.45) is 0 Å². The number of methoxy groups -OCH3 is 1. The molecule has 2 aromatic carbocycles. The van der Waals surface area contributed by atoms with E-state index in [0.717, 1.165) is 35.4 Å². The number of anilines is 1. The molecule has 1 saturated carbocycles. The molecule has 0 saturated heterocycles. The predicted molar refractivity (Wildman–Crippen MR) is 117 cm³/mol. The number of carbonyl (C=O) groups is 1. The van der Waals surface area contributed by atoms with Crippen molar-refractivity contribution in [3.63, 3.8) is 0 Å². The molecule has 1 fully saturated rings. The molecule has 0 spiro atoms. The van der Waals surface area contributed by atoms with Gasteiger partial charge in [0.1, 0.15) is 34.4 Å². The monoisotopic (exact) mass is 414 g/mol. The van der Waals surface area contributed by atoms with Crippen LogP contribution in [-0.2, 0) is 4.74 Å². The van der Waals surface area contributed by atoms with E-state index in [2.05, 4.69) is 9.38 Å². The first-order chi connectivity index (χ1) is 15.1. The minimum absolute atomic E-state index is 0.402. The molecular formula is C24H22N4O3. The molecule has 0 bridgehead atoms. The third kappa shape index (κ3) is 3.48. The maximum absolute atomic E-state index is 11.7. The lowest BCUT2D eigenvalue weighted by atomic mass is 9.85. The predicted octanol–water partition coefficient (Wildman–Crippen LogP) is 4.82. The number of fused-ring (bicyclic) bond motifs is 1. The molecule has 0 atom stereocenters. The molecule has 7 nitrogen and oxygen atoms in total. The van der Waals surface area contributed by atoms with Gasteiger partial charge in [0.15, 0.2) is 0 Å². The van der Waals surface area contributed by atoms with Crippen molar-refractivity contribution in [2.45, 2.75) is 25.2 Å². The van der Waals surface area contributed by atoms with Gasteiger partial charge in [-0.05, 0) is 55.3 Å². The highest BCUT2D eigenvalue weighted by atomic mass is 16.5. The number of imidazole rings is 1. The average molecular weight is 414 g/mol. The number of hydrogen-bond acceptors (Lipinski definition) is 6. The molecule has 31 heavy (non-hydrogen) atoms. The third-order valence-corrected chi connectivity index (χ3v) is 5.70. The van der Waals surface area contributed by atoms with Gasteiger partial charge in [-0.1, -0.05) is 12.5 Å². The highest BCUT2D eigenvalue weighted by Gasteiger charge is 2.26. The first-order valence-electron chi connectivity index (χ1n) is 10.2. The minimum Gasteiger partial charge on any atom is -0.465 e. The molecule has 0 aliphatic heterocycles. The van der Waals surface area contributed by atoms with Gasteiger partial charge in [0.05, 0.1) is 12.7 Å². The van der Waals surface area contributed by atoms with Crippen LogP contribution in [0.15, 0.2) is 60.9 Å². The van der Waals surface area contributed by atoms with Crippen LogP contribution < -0.4 is 10.5 Å². The SMILES string of the molecule is COC(=O)c1cccc(Oc2ccc(-c3nc(C4CCC4)n4ccnc(N)c34)cc2)c1. The van der Waals surface area contributed by atoms with Gasteiger partial charge in [-0.3, -0.25) is 4.40 Å². The summed E-state index contributed by atoms with van der Waals surface area (Å²) in [6.07, 6.45) is 7.19. The van der Waals surface area contributed by atoms with Crippen LogP contribution in [-0.4, -0.2) is 27.4 Å². The van der Waals surface area contributed by atoms with Gasteiger partial charge in [0, 0.05) is 23.9 Å². The fraction of sp³-hybridized carbons (Fsp3) is 0.208. The quantitative estimate of drug-likeness (QED) is 0.471. The van der Waals surface area contributed by atoms with Crippen molar-refractivity contribution >= 4 is 17.3 Å². The molecule has 1 aliphatic rings. The molecule has 2 heterocycles. The Morgan fingerprint density at radius 1 is 1.13 bits per heavy atom. The summed E-state index contributed by atoms with van der Waals surface area (Å²) in [7, 11) is 1.35. The molecular weight excluding hydrogens is 392 g/mol. The number of benzene rings is 2. The molecule has 7 heteroatoms. The zero-order valence-corrected chi connectivity index (χ0v) is 17.1. The van der Waals surface area contributed by atoms with E-state index in [9.17, 15) is 4.79 Å². The molecule has 2 aromatic heterocycles. The van der Waals surface area contributed by atoms with Crippen LogP contribution in [0.2, 0.25) is 0 Å². The largest absolute Gasteiger partial charge is 0.465 e. The second-order valence-corrected chi connectivity index (χ2v) is 7.62. The van der Waals surface area contributed by atoms with Crippen molar-refractivity contribution in [3.05, 3.63) is 72.3 Å². The molecule has 0 unspecified atom stereocenters. The summed E-state index contributed by atoms with van der Waals surface area (Å²) in [4.78, 5) is 20.9. The van der Waals surface area contributed by atoms with E-state index in [1.54, 1.807) is 30.5 Å². The van der Waals surface area contributed by atoms with Crippen molar-refractivity contribution in [1.29, 1.82) is 0 Å². The Morgan fingerprint density at radius 3 is 2.65 bits per heavy atom. The Balaban J connectivity index is 1.46. The Hall–Kier alpha value is -3.87. The van der Waals surface area contributed by atoms with Crippen molar-refractivity contribution in [1.82, 2.24) is 14.4 Å². The number of ether oxygens (including phenoxy) is 2. The van der Waals surface area contributed by atoms with Crippen LogP contribution in [0, 0.1) is 0 Å². The van der Waals surface area contributed by atoms with Crippen molar-refractivity contribution in [2.75, 3.05) is 12.8 Å². The van der Waals surface area contributed by atoms with E-state index in [-0.39, 0.29) is 0 Å². The standard InChI is InChI=1S/C24H22N4O3/c1-30-24(29)17-6-3-7-19(14-17)31-18-10-8-15(9-11-18)20-21-22(25)26-12-13-28(21)23(27-20)16-4-2-5-16/h3,6-14,16H,2,4-5H2,1H3,(H2,25,26). The van der Waals surface area contributed by atoms with Crippen LogP contribution in [0.1, 0.15) is 41.4 Å². The number of hydrogen-bond donors (Lipinski definition) is 1. The van der Waals surface area contributed by atoms with Crippen LogP contribution >= 0.6 is 0 Å². The van der Waals surface area contributed by atoms with E-state index < -0.39 is 5.97 Å². The summed E-state index contributed by atoms with van der Waals surface area (Å²) in [5, 5.41) is 0. The van der Waals surface area contributed by atoms with E-state index in [4.69, 9.17) is 20.2 Å². The maximum Gasteiger partial charge on any atom is 0.337 e. The summed E-state index contributed by atoms with van der Waals surface area (Å²) in [5.74, 6) is 2.79. The lowest BCUT2D eigenvalue weighted by molar-refractivity contribution is 0.0600. The van der Waals surface area contributed by atoms with Gasteiger partial charge in [-0.2, -0.15) is 0 Å². The number of esters is 1. The number of nitrogens with zero attached hydrogens (tertiary/aromatic N) is 3. The Morgan fingerprint density at radius 2 is 1.94 bits per heavy atom. The lowest BCUT2D eigenvalue weighted by Crippen LogP contribution is -2.12. The fourth-order valence-corrected chi connectivity index (χ4v) is 3.86. The smallest absolute Gasteiger partial charge is 0.337 e. The summed E-state index contributed by atoms with van der Waals surface area (Å²) in [5.41, 5.74) is 9.26. The number of nitrogen functional groups attached to an aromatic ring is 1. The second-order valence-electron chi connectivity index (χ2n) is 7.62. The molecule has 1 aliphatic carbocycles. The van der Waals surface area contributed by atoms with Crippen molar-refractivity contribution in [3.8, 4) is 22.8 Å². The van der Waals surface area contributed by atoms with Gasteiger partial charge in [0.2, 0.25) is 0 Å². The van der Waals surface area contributed by atoms with Gasteiger partial charge in [0.25, 0.3) is 0 Å². The number of aromatic nitrogens is 3. The topological polar surface area (TPSA) is 91.7 Å². The third-order valence-electron chi connectivity index (χ3n) is 5.70. The van der Waals surface area contributed by atoms with Gasteiger partial charge >= 0.3 is 5.97 Å². The van der Waals surface area contributed by atoms with E-state index in [0.29, 0.717) is 28.8 Å². The summed E-state index contributed by atoms with van der Waals surface area (Å²) >= 11 is 0. The van der Waals surface area contributed by atoms with Crippen LogP contribution in [0.5, 0.6) is 11.5 Å².